The van der Waals surface area contributed by atoms with E-state index in [1.165, 1.54) is 6.26 Å². The second kappa shape index (κ2) is 4.42. The molecule has 0 unspecified atom stereocenters. The van der Waals surface area contributed by atoms with Crippen LogP contribution < -0.4 is 0 Å². The first-order chi connectivity index (χ1) is 5.84. The Morgan fingerprint density at radius 1 is 1.42 bits per heavy atom. The predicted octanol–water partition coefficient (Wildman–Crippen LogP) is 3.06. The van der Waals surface area contributed by atoms with E-state index in [0.29, 0.717) is 0 Å². The first kappa shape index (κ1) is 8.63. The van der Waals surface area contributed by atoms with Crippen molar-refractivity contribution < 1.29 is 4.74 Å². The van der Waals surface area contributed by atoms with Crippen LogP contribution in [0.4, 0.5) is 0 Å². The fourth-order valence-electron chi connectivity index (χ4n) is 0.953. The van der Waals surface area contributed by atoms with Gasteiger partial charge in [0.05, 0.1) is 0 Å². The number of hydrogen-bond donors (Lipinski definition) is 0. The molecule has 12 heavy (non-hydrogen) atoms. The third-order valence-electron chi connectivity index (χ3n) is 1.62. The summed E-state index contributed by atoms with van der Waals surface area (Å²) in [6, 6.07) is 10.0. The molecule has 0 heterocycles. The molecule has 0 saturated carbocycles. The van der Waals surface area contributed by atoms with Gasteiger partial charge in [-0.15, -0.1) is 0 Å². The van der Waals surface area contributed by atoms with Gasteiger partial charge in [-0.25, -0.2) is 0 Å². The highest BCUT2D eigenvalue weighted by atomic mass is 16.5. The van der Waals surface area contributed by atoms with E-state index in [1.54, 1.807) is 0 Å². The molecule has 62 valence electrons. The second-order valence-electron chi connectivity index (χ2n) is 2.51. The molecule has 1 atom stereocenters. The summed E-state index contributed by atoms with van der Waals surface area (Å²) in [5.41, 5.74) is 3.73. The summed E-state index contributed by atoms with van der Waals surface area (Å²) >= 11 is 0. The molecule has 1 aromatic rings. The maximum atomic E-state index is 5.28. The Hall–Kier alpha value is -1.46. The van der Waals surface area contributed by atoms with Crippen molar-refractivity contribution in [1.82, 2.24) is 0 Å². The molecule has 0 aliphatic carbocycles. The Morgan fingerprint density at radius 3 is 2.67 bits per heavy atom. The third-order valence-corrected chi connectivity index (χ3v) is 1.62. The lowest BCUT2D eigenvalue weighted by atomic mass is 10.1. The minimum atomic E-state index is 0.0699. The largest absolute Gasteiger partial charge is 0.485 e. The molecular formula is C11H12O. The molecule has 0 bridgehead atoms. The van der Waals surface area contributed by atoms with Crippen LogP contribution in [-0.2, 0) is 4.74 Å². The summed E-state index contributed by atoms with van der Waals surface area (Å²) in [6.07, 6.45) is 1.55. The number of benzene rings is 1. The lowest BCUT2D eigenvalue weighted by molar-refractivity contribution is 0.165. The molecule has 0 aliphatic heterocycles. The van der Waals surface area contributed by atoms with Gasteiger partial charge in [-0.1, -0.05) is 42.6 Å². The van der Waals surface area contributed by atoms with Crippen molar-refractivity contribution in [2.24, 2.45) is 0 Å². The van der Waals surface area contributed by atoms with Gasteiger partial charge in [0.1, 0.15) is 12.4 Å². The zero-order valence-electron chi connectivity index (χ0n) is 7.16. The summed E-state index contributed by atoms with van der Waals surface area (Å²) in [5.74, 6) is 0. The number of rotatable bonds is 3. The summed E-state index contributed by atoms with van der Waals surface area (Å²) in [7, 11) is 0. The Bertz CT molecular complexity index is 270. The Balaban J connectivity index is 2.65. The second-order valence-corrected chi connectivity index (χ2v) is 2.51. The van der Waals surface area contributed by atoms with E-state index in [9.17, 15) is 0 Å². The van der Waals surface area contributed by atoms with Crippen LogP contribution in [0.1, 0.15) is 18.6 Å². The van der Waals surface area contributed by atoms with Crippen molar-refractivity contribution in [2.45, 2.75) is 13.0 Å². The fraction of sp³-hybridized carbons (Fsp3) is 0.182. The van der Waals surface area contributed by atoms with Crippen molar-refractivity contribution >= 4 is 0 Å². The standard InChI is InChI=1S/C11H12O/c1-3-9-12-10(2)11-7-5-4-6-8-11/h4-10H,1H2,2H3/t10-/m0/s1. The summed E-state index contributed by atoms with van der Waals surface area (Å²) in [6.45, 7) is 5.41. The van der Waals surface area contributed by atoms with E-state index in [4.69, 9.17) is 4.74 Å². The molecule has 1 heteroatoms. The molecule has 0 fully saturated rings. The highest BCUT2D eigenvalue weighted by Crippen LogP contribution is 2.15. The molecule has 1 aromatic carbocycles. The van der Waals surface area contributed by atoms with Crippen molar-refractivity contribution in [3.05, 3.63) is 54.5 Å². The van der Waals surface area contributed by atoms with E-state index in [1.807, 2.05) is 37.3 Å². The lowest BCUT2D eigenvalue weighted by Crippen LogP contribution is -1.93. The van der Waals surface area contributed by atoms with Gasteiger partial charge in [-0.2, -0.15) is 0 Å². The van der Waals surface area contributed by atoms with Crippen molar-refractivity contribution in [2.75, 3.05) is 0 Å². The van der Waals surface area contributed by atoms with Crippen LogP contribution in [0.2, 0.25) is 0 Å². The quantitative estimate of drug-likeness (QED) is 0.487. The van der Waals surface area contributed by atoms with Crippen LogP contribution >= 0.6 is 0 Å². The molecule has 0 aliphatic rings. The van der Waals surface area contributed by atoms with Gasteiger partial charge >= 0.3 is 0 Å². The minimum absolute atomic E-state index is 0.0699. The van der Waals surface area contributed by atoms with Gasteiger partial charge in [0.15, 0.2) is 0 Å². The molecule has 0 spiro atoms. The average molecular weight is 160 g/mol. The monoisotopic (exact) mass is 160 g/mol. The van der Waals surface area contributed by atoms with E-state index >= 15 is 0 Å². The van der Waals surface area contributed by atoms with Gasteiger partial charge in [0, 0.05) is 0 Å². The summed E-state index contributed by atoms with van der Waals surface area (Å²) < 4.78 is 5.28. The third kappa shape index (κ3) is 2.30. The van der Waals surface area contributed by atoms with Gasteiger partial charge in [0.25, 0.3) is 0 Å². The van der Waals surface area contributed by atoms with E-state index < -0.39 is 0 Å². The summed E-state index contributed by atoms with van der Waals surface area (Å²) in [4.78, 5) is 0. The summed E-state index contributed by atoms with van der Waals surface area (Å²) in [5, 5.41) is 0. The van der Waals surface area contributed by atoms with Gasteiger partial charge in [0.2, 0.25) is 0 Å². The predicted molar refractivity (Wildman–Crippen MR) is 49.7 cm³/mol. The topological polar surface area (TPSA) is 9.23 Å². The average Bonchev–Trinajstić information content (AvgIpc) is 2.15. The van der Waals surface area contributed by atoms with Crippen LogP contribution in [0.15, 0.2) is 48.9 Å². The van der Waals surface area contributed by atoms with E-state index in [2.05, 4.69) is 12.3 Å². The normalized spacial score (nSPS) is 11.4. The smallest absolute Gasteiger partial charge is 0.125 e. The minimum Gasteiger partial charge on any atom is -0.485 e. The Kier molecular flexibility index (Phi) is 3.18. The van der Waals surface area contributed by atoms with Crippen LogP contribution in [0, 0.1) is 0 Å². The maximum absolute atomic E-state index is 5.28. The molecule has 0 radical (unpaired) electrons. The molecule has 0 aromatic heterocycles. The van der Waals surface area contributed by atoms with Crippen molar-refractivity contribution in [3.8, 4) is 0 Å². The molecule has 0 saturated heterocycles. The van der Waals surface area contributed by atoms with Crippen LogP contribution in [0.25, 0.3) is 0 Å². The first-order valence-corrected chi connectivity index (χ1v) is 3.89. The zero-order valence-corrected chi connectivity index (χ0v) is 7.16. The highest BCUT2D eigenvalue weighted by Gasteiger charge is 2.01. The van der Waals surface area contributed by atoms with Crippen LogP contribution in [0.3, 0.4) is 0 Å². The van der Waals surface area contributed by atoms with Gasteiger partial charge < -0.3 is 4.74 Å². The number of hydrogen-bond acceptors (Lipinski definition) is 1. The number of ether oxygens (including phenoxy) is 1. The SMILES string of the molecule is C=C=CO[C@@H](C)c1ccccc1. The molecule has 1 rings (SSSR count). The van der Waals surface area contributed by atoms with Crippen LogP contribution in [-0.4, -0.2) is 0 Å². The van der Waals surface area contributed by atoms with Gasteiger partial charge in [-0.3, -0.25) is 0 Å². The maximum Gasteiger partial charge on any atom is 0.125 e. The zero-order chi connectivity index (χ0) is 8.81. The Labute approximate surface area is 73.0 Å². The van der Waals surface area contributed by atoms with Crippen molar-refractivity contribution in [1.29, 1.82) is 0 Å². The fourth-order valence-corrected chi connectivity index (χ4v) is 0.953. The molecule has 1 nitrogen and oxygen atoms in total. The highest BCUT2D eigenvalue weighted by molar-refractivity contribution is 5.16. The van der Waals surface area contributed by atoms with E-state index in [-0.39, 0.29) is 6.10 Å². The molecule has 0 amide bonds. The molecule has 0 N–H and O–H groups in total. The first-order valence-electron chi connectivity index (χ1n) is 3.89. The van der Waals surface area contributed by atoms with Crippen molar-refractivity contribution in [3.63, 3.8) is 0 Å². The molecular weight excluding hydrogens is 148 g/mol. The lowest BCUT2D eigenvalue weighted by Gasteiger charge is -2.09. The Morgan fingerprint density at radius 2 is 2.08 bits per heavy atom. The van der Waals surface area contributed by atoms with E-state index in [0.717, 1.165) is 5.56 Å². The van der Waals surface area contributed by atoms with Gasteiger partial charge in [-0.05, 0) is 12.5 Å². The van der Waals surface area contributed by atoms with Crippen LogP contribution in [0.5, 0.6) is 0 Å².